The summed E-state index contributed by atoms with van der Waals surface area (Å²) in [5.74, 6) is 2.38. The number of nitrogens with zero attached hydrogens (tertiary/aromatic N) is 2. The van der Waals surface area contributed by atoms with Gasteiger partial charge in [0.1, 0.15) is 0 Å². The number of aliphatic imine (C=N–C) groups is 1. The molecule has 1 aromatic rings. The van der Waals surface area contributed by atoms with E-state index >= 15 is 0 Å². The molecular weight excluding hydrogens is 487 g/mol. The Morgan fingerprint density at radius 3 is 2.60 bits per heavy atom. The SMILES string of the molecule is CCNC(=NCC1CC(=O)N(CCc2ccccc2)C1)NCCC1CCCCC1.I. The van der Waals surface area contributed by atoms with Crippen LogP contribution < -0.4 is 10.6 Å². The van der Waals surface area contributed by atoms with Gasteiger partial charge in [-0.2, -0.15) is 0 Å². The third-order valence-electron chi connectivity index (χ3n) is 6.23. The van der Waals surface area contributed by atoms with E-state index in [1.807, 2.05) is 11.0 Å². The fourth-order valence-corrected chi connectivity index (χ4v) is 4.53. The highest BCUT2D eigenvalue weighted by Crippen LogP contribution is 2.25. The van der Waals surface area contributed by atoms with Gasteiger partial charge >= 0.3 is 0 Å². The minimum atomic E-state index is 0. The number of halogens is 1. The summed E-state index contributed by atoms with van der Waals surface area (Å²) < 4.78 is 0. The van der Waals surface area contributed by atoms with Crippen molar-refractivity contribution in [3.8, 4) is 0 Å². The van der Waals surface area contributed by atoms with Gasteiger partial charge in [0.05, 0.1) is 0 Å². The number of carbonyl (C=O) groups excluding carboxylic acids is 1. The molecule has 1 amide bonds. The molecule has 168 valence electrons. The van der Waals surface area contributed by atoms with E-state index in [0.717, 1.165) is 44.5 Å². The van der Waals surface area contributed by atoms with E-state index in [1.54, 1.807) is 0 Å². The maximum absolute atomic E-state index is 12.4. The highest BCUT2D eigenvalue weighted by Gasteiger charge is 2.29. The molecule has 1 saturated carbocycles. The lowest BCUT2D eigenvalue weighted by atomic mass is 9.87. The number of likely N-dealkylation sites (tertiary alicyclic amines) is 1. The second-order valence-corrected chi connectivity index (χ2v) is 8.58. The van der Waals surface area contributed by atoms with Crippen LogP contribution in [0.1, 0.15) is 57.4 Å². The Balaban J connectivity index is 0.00000320. The molecule has 2 aliphatic rings. The van der Waals surface area contributed by atoms with E-state index in [2.05, 4.69) is 41.8 Å². The smallest absolute Gasteiger partial charge is 0.223 e. The number of hydrogen-bond donors (Lipinski definition) is 2. The third-order valence-corrected chi connectivity index (χ3v) is 6.23. The van der Waals surface area contributed by atoms with Gasteiger partial charge in [-0.25, -0.2) is 0 Å². The van der Waals surface area contributed by atoms with Crippen LogP contribution in [0.15, 0.2) is 35.3 Å². The maximum Gasteiger partial charge on any atom is 0.223 e. The van der Waals surface area contributed by atoms with E-state index < -0.39 is 0 Å². The Labute approximate surface area is 199 Å². The number of guanidine groups is 1. The predicted octanol–water partition coefficient (Wildman–Crippen LogP) is 4.22. The zero-order chi connectivity index (χ0) is 20.3. The lowest BCUT2D eigenvalue weighted by Gasteiger charge is -2.22. The van der Waals surface area contributed by atoms with Crippen molar-refractivity contribution < 1.29 is 4.79 Å². The molecule has 2 fully saturated rings. The van der Waals surface area contributed by atoms with Crippen molar-refractivity contribution in [3.05, 3.63) is 35.9 Å². The van der Waals surface area contributed by atoms with Crippen LogP contribution in [0.4, 0.5) is 0 Å². The molecule has 1 aliphatic heterocycles. The van der Waals surface area contributed by atoms with Gasteiger partial charge in [-0.15, -0.1) is 24.0 Å². The van der Waals surface area contributed by atoms with E-state index in [-0.39, 0.29) is 29.9 Å². The molecule has 0 spiro atoms. The third kappa shape index (κ3) is 8.44. The average molecular weight is 527 g/mol. The molecule has 1 aliphatic carbocycles. The number of carbonyl (C=O) groups is 1. The lowest BCUT2D eigenvalue weighted by molar-refractivity contribution is -0.127. The first-order valence-corrected chi connectivity index (χ1v) is 11.6. The number of rotatable bonds is 9. The van der Waals surface area contributed by atoms with Crippen molar-refractivity contribution in [3.63, 3.8) is 0 Å². The minimum Gasteiger partial charge on any atom is -0.357 e. The van der Waals surface area contributed by atoms with Crippen LogP contribution in [0.25, 0.3) is 0 Å². The largest absolute Gasteiger partial charge is 0.357 e. The topological polar surface area (TPSA) is 56.7 Å². The number of benzene rings is 1. The quantitative estimate of drug-likeness (QED) is 0.288. The first-order valence-electron chi connectivity index (χ1n) is 11.6. The van der Waals surface area contributed by atoms with Crippen molar-refractivity contribution in [2.45, 2.75) is 58.3 Å². The molecule has 5 nitrogen and oxygen atoms in total. The fourth-order valence-electron chi connectivity index (χ4n) is 4.53. The van der Waals surface area contributed by atoms with Gasteiger partial charge in [0, 0.05) is 45.1 Å². The van der Waals surface area contributed by atoms with Gasteiger partial charge < -0.3 is 15.5 Å². The highest BCUT2D eigenvalue weighted by molar-refractivity contribution is 14.0. The molecule has 30 heavy (non-hydrogen) atoms. The lowest BCUT2D eigenvalue weighted by Crippen LogP contribution is -2.38. The predicted molar refractivity (Wildman–Crippen MR) is 135 cm³/mol. The summed E-state index contributed by atoms with van der Waals surface area (Å²) in [7, 11) is 0. The standard InChI is InChI=1S/C24H38N4O.HI/c1-2-25-24(26-15-13-20-9-5-3-6-10-20)27-18-22-17-23(29)28(19-22)16-14-21-11-7-4-8-12-21;/h4,7-8,11-12,20,22H,2-3,5-6,9-10,13-19H2,1H3,(H2,25,26,27);1H. The summed E-state index contributed by atoms with van der Waals surface area (Å²) in [5.41, 5.74) is 1.29. The number of amides is 1. The van der Waals surface area contributed by atoms with Gasteiger partial charge in [0.25, 0.3) is 0 Å². The second kappa shape index (κ2) is 13.9. The minimum absolute atomic E-state index is 0. The molecule has 1 saturated heterocycles. The first kappa shape index (κ1) is 25.0. The van der Waals surface area contributed by atoms with Crippen LogP contribution in [0.5, 0.6) is 0 Å². The van der Waals surface area contributed by atoms with Crippen LogP contribution in [0, 0.1) is 11.8 Å². The van der Waals surface area contributed by atoms with Gasteiger partial charge in [0.15, 0.2) is 5.96 Å². The maximum atomic E-state index is 12.4. The van der Waals surface area contributed by atoms with Gasteiger partial charge in [-0.1, -0.05) is 62.4 Å². The summed E-state index contributed by atoms with van der Waals surface area (Å²) in [4.78, 5) is 19.2. The van der Waals surface area contributed by atoms with Gasteiger partial charge in [-0.3, -0.25) is 9.79 Å². The van der Waals surface area contributed by atoms with Crippen molar-refractivity contribution in [1.82, 2.24) is 15.5 Å². The molecule has 0 bridgehead atoms. The number of nitrogens with one attached hydrogen (secondary N) is 2. The van der Waals surface area contributed by atoms with Crippen LogP contribution in [-0.2, 0) is 11.2 Å². The highest BCUT2D eigenvalue weighted by atomic mass is 127. The van der Waals surface area contributed by atoms with E-state index in [0.29, 0.717) is 18.9 Å². The Kier molecular flexibility index (Phi) is 11.6. The molecule has 1 atom stereocenters. The molecule has 0 aromatic heterocycles. The summed E-state index contributed by atoms with van der Waals surface area (Å²) >= 11 is 0. The van der Waals surface area contributed by atoms with Gasteiger partial charge in [0.2, 0.25) is 5.91 Å². The molecule has 6 heteroatoms. The number of hydrogen-bond acceptors (Lipinski definition) is 2. The fraction of sp³-hybridized carbons (Fsp3) is 0.667. The first-order chi connectivity index (χ1) is 14.2. The summed E-state index contributed by atoms with van der Waals surface area (Å²) in [6.45, 7) is 6.31. The normalized spacial score (nSPS) is 20.2. The zero-order valence-corrected chi connectivity index (χ0v) is 20.8. The van der Waals surface area contributed by atoms with Crippen LogP contribution in [0.2, 0.25) is 0 Å². The van der Waals surface area contributed by atoms with E-state index in [4.69, 9.17) is 4.99 Å². The van der Waals surface area contributed by atoms with Crippen LogP contribution in [0.3, 0.4) is 0 Å². The Bertz CT molecular complexity index is 646. The summed E-state index contributed by atoms with van der Waals surface area (Å²) in [6.07, 6.45) is 9.77. The van der Waals surface area contributed by atoms with Crippen molar-refractivity contribution in [2.24, 2.45) is 16.8 Å². The molecule has 1 heterocycles. The van der Waals surface area contributed by atoms with E-state index in [9.17, 15) is 4.79 Å². The molecule has 0 radical (unpaired) electrons. The van der Waals surface area contributed by atoms with Gasteiger partial charge in [-0.05, 0) is 31.2 Å². The average Bonchev–Trinajstić information content (AvgIpc) is 3.11. The van der Waals surface area contributed by atoms with Crippen molar-refractivity contribution in [2.75, 3.05) is 32.7 Å². The molecule has 1 unspecified atom stereocenters. The monoisotopic (exact) mass is 526 g/mol. The Morgan fingerprint density at radius 1 is 1.10 bits per heavy atom. The molecule has 2 N–H and O–H groups in total. The van der Waals surface area contributed by atoms with Crippen LogP contribution in [-0.4, -0.2) is 49.5 Å². The van der Waals surface area contributed by atoms with Crippen LogP contribution >= 0.6 is 24.0 Å². The summed E-state index contributed by atoms with van der Waals surface area (Å²) in [6, 6.07) is 10.4. The van der Waals surface area contributed by atoms with Crippen molar-refractivity contribution in [1.29, 1.82) is 0 Å². The van der Waals surface area contributed by atoms with E-state index in [1.165, 1.54) is 44.1 Å². The Hall–Kier alpha value is -1.31. The summed E-state index contributed by atoms with van der Waals surface area (Å²) in [5, 5.41) is 6.86. The van der Waals surface area contributed by atoms with Crippen molar-refractivity contribution >= 4 is 35.8 Å². The molecule has 1 aromatic carbocycles. The zero-order valence-electron chi connectivity index (χ0n) is 18.4. The Morgan fingerprint density at radius 2 is 1.87 bits per heavy atom. The molecule has 3 rings (SSSR count). The second-order valence-electron chi connectivity index (χ2n) is 8.58. The molecular formula is C24H39IN4O.